The molecule has 17 heavy (non-hydrogen) atoms. The summed E-state index contributed by atoms with van der Waals surface area (Å²) in [6.07, 6.45) is 1.25. The number of nitrogens with zero attached hydrogens (tertiary/aromatic N) is 2. The largest absolute Gasteiger partial charge is 0.386 e. The zero-order valence-electron chi connectivity index (χ0n) is 8.68. The molecule has 0 saturated heterocycles. The maximum Gasteiger partial charge on any atom is 0.152 e. The molecule has 0 amide bonds. The zero-order valence-corrected chi connectivity index (χ0v) is 10.3. The third-order valence-corrected chi connectivity index (χ3v) is 3.13. The van der Waals surface area contributed by atoms with Crippen LogP contribution in [0.4, 0.5) is 14.5 Å². The minimum Gasteiger partial charge on any atom is -0.386 e. The lowest BCUT2D eigenvalue weighted by molar-refractivity contribution is 0.586. The van der Waals surface area contributed by atoms with E-state index in [2.05, 4.69) is 26.2 Å². The normalized spacial score (nSPS) is 10.3. The molecule has 0 radical (unpaired) electrons. The van der Waals surface area contributed by atoms with Gasteiger partial charge < -0.3 is 5.32 Å². The van der Waals surface area contributed by atoms with E-state index in [0.717, 1.165) is 6.07 Å². The quantitative estimate of drug-likeness (QED) is 0.823. The van der Waals surface area contributed by atoms with Crippen LogP contribution in [0.1, 0.15) is 5.56 Å². The Labute approximate surface area is 104 Å². The van der Waals surface area contributed by atoms with Crippen LogP contribution in [-0.4, -0.2) is 12.0 Å². The molecule has 0 spiro atoms. The number of anilines is 1. The van der Waals surface area contributed by atoms with Gasteiger partial charge in [0.25, 0.3) is 0 Å². The number of fused-ring (bicyclic) bond motifs is 1. The summed E-state index contributed by atoms with van der Waals surface area (Å²) in [5, 5.41) is 11.9. The number of halogens is 3. The molecule has 0 aliphatic heterocycles. The molecule has 1 N–H and O–H groups in total. The standard InChI is InChI=1S/C11H6BrF2N3/c1-16-10-5(3-15)4-17-11-7(14)2-6(13)9(12)8(10)11/h2,4H,1H3,(H,16,17). The second-order valence-electron chi connectivity index (χ2n) is 3.29. The molecule has 0 atom stereocenters. The van der Waals surface area contributed by atoms with Crippen LogP contribution in [0.2, 0.25) is 0 Å². The maximum atomic E-state index is 13.5. The van der Waals surface area contributed by atoms with Crippen molar-refractivity contribution in [2.45, 2.75) is 0 Å². The highest BCUT2D eigenvalue weighted by Crippen LogP contribution is 2.34. The molecule has 3 nitrogen and oxygen atoms in total. The third-order valence-electron chi connectivity index (χ3n) is 2.36. The first-order valence-corrected chi connectivity index (χ1v) is 5.43. The number of aromatic nitrogens is 1. The molecule has 1 aromatic carbocycles. The molecule has 0 bridgehead atoms. The van der Waals surface area contributed by atoms with Crippen LogP contribution in [0.5, 0.6) is 0 Å². The summed E-state index contributed by atoms with van der Waals surface area (Å²) in [7, 11) is 1.57. The number of benzene rings is 1. The average molecular weight is 298 g/mol. The number of hydrogen-bond donors (Lipinski definition) is 1. The van der Waals surface area contributed by atoms with Crippen molar-refractivity contribution in [2.24, 2.45) is 0 Å². The summed E-state index contributed by atoms with van der Waals surface area (Å²) in [6.45, 7) is 0. The molecule has 6 heteroatoms. The van der Waals surface area contributed by atoms with E-state index >= 15 is 0 Å². The van der Waals surface area contributed by atoms with Crippen LogP contribution >= 0.6 is 15.9 Å². The number of pyridine rings is 1. The van der Waals surface area contributed by atoms with Crippen molar-refractivity contribution in [3.05, 3.63) is 33.9 Å². The molecule has 0 unspecified atom stereocenters. The Morgan fingerprint density at radius 3 is 2.71 bits per heavy atom. The molecule has 0 aliphatic carbocycles. The van der Waals surface area contributed by atoms with Gasteiger partial charge in [-0.3, -0.25) is 4.98 Å². The Balaban J connectivity index is 3.03. The molecule has 0 fully saturated rings. The number of nitrogens with one attached hydrogen (secondary N) is 1. The monoisotopic (exact) mass is 297 g/mol. The van der Waals surface area contributed by atoms with Crippen LogP contribution < -0.4 is 5.32 Å². The van der Waals surface area contributed by atoms with Crippen LogP contribution in [0.15, 0.2) is 16.7 Å². The molecule has 1 aromatic heterocycles. The van der Waals surface area contributed by atoms with Gasteiger partial charge in [0.05, 0.1) is 15.7 Å². The molecule has 1 heterocycles. The van der Waals surface area contributed by atoms with Gasteiger partial charge in [0.2, 0.25) is 0 Å². The van der Waals surface area contributed by atoms with Crippen molar-refractivity contribution >= 4 is 32.5 Å². The average Bonchev–Trinajstić information content (AvgIpc) is 2.34. The van der Waals surface area contributed by atoms with Gasteiger partial charge in [0, 0.05) is 24.7 Å². The first-order chi connectivity index (χ1) is 8.10. The van der Waals surface area contributed by atoms with Crippen molar-refractivity contribution in [3.63, 3.8) is 0 Å². The predicted octanol–water partition coefficient (Wildman–Crippen LogP) is 3.19. The first-order valence-electron chi connectivity index (χ1n) is 4.64. The Hall–Kier alpha value is -1.74. The van der Waals surface area contributed by atoms with Crippen LogP contribution in [0.3, 0.4) is 0 Å². The van der Waals surface area contributed by atoms with Crippen molar-refractivity contribution in [2.75, 3.05) is 12.4 Å². The minimum atomic E-state index is -0.762. The molecular formula is C11H6BrF2N3. The van der Waals surface area contributed by atoms with Gasteiger partial charge in [-0.05, 0) is 15.9 Å². The predicted molar refractivity (Wildman–Crippen MR) is 63.6 cm³/mol. The highest BCUT2D eigenvalue weighted by atomic mass is 79.9. The molecular weight excluding hydrogens is 292 g/mol. The topological polar surface area (TPSA) is 48.7 Å². The Bertz CT molecular complexity index is 649. The molecule has 2 aromatic rings. The number of hydrogen-bond acceptors (Lipinski definition) is 3. The van der Waals surface area contributed by atoms with E-state index in [1.165, 1.54) is 6.20 Å². The third kappa shape index (κ3) is 1.72. The van der Waals surface area contributed by atoms with Gasteiger partial charge in [-0.1, -0.05) is 0 Å². The van der Waals surface area contributed by atoms with Gasteiger partial charge >= 0.3 is 0 Å². The van der Waals surface area contributed by atoms with Crippen molar-refractivity contribution in [1.82, 2.24) is 4.98 Å². The summed E-state index contributed by atoms with van der Waals surface area (Å²) in [4.78, 5) is 3.83. The molecule has 86 valence electrons. The highest BCUT2D eigenvalue weighted by Gasteiger charge is 2.17. The SMILES string of the molecule is CNc1c(C#N)cnc2c(F)cc(F)c(Br)c12. The van der Waals surface area contributed by atoms with Gasteiger partial charge in [0.15, 0.2) is 5.82 Å². The van der Waals surface area contributed by atoms with E-state index in [9.17, 15) is 8.78 Å². The lowest BCUT2D eigenvalue weighted by Crippen LogP contribution is -1.99. The lowest BCUT2D eigenvalue weighted by atomic mass is 10.1. The summed E-state index contributed by atoms with van der Waals surface area (Å²) in [5.74, 6) is -1.50. The van der Waals surface area contributed by atoms with Crippen LogP contribution in [-0.2, 0) is 0 Å². The van der Waals surface area contributed by atoms with E-state index in [1.54, 1.807) is 7.05 Å². The van der Waals surface area contributed by atoms with Crippen LogP contribution in [0.25, 0.3) is 10.9 Å². The van der Waals surface area contributed by atoms with E-state index in [4.69, 9.17) is 5.26 Å². The van der Waals surface area contributed by atoms with E-state index in [-0.39, 0.29) is 20.9 Å². The van der Waals surface area contributed by atoms with Crippen molar-refractivity contribution in [1.29, 1.82) is 5.26 Å². The summed E-state index contributed by atoms with van der Waals surface area (Å²) < 4.78 is 27.1. The first kappa shape index (κ1) is 11.7. The zero-order chi connectivity index (χ0) is 12.6. The molecule has 0 aliphatic rings. The Kier molecular flexibility index (Phi) is 2.94. The van der Waals surface area contributed by atoms with Crippen molar-refractivity contribution < 1.29 is 8.78 Å². The smallest absolute Gasteiger partial charge is 0.152 e. The number of rotatable bonds is 1. The van der Waals surface area contributed by atoms with Gasteiger partial charge in [0.1, 0.15) is 17.4 Å². The second-order valence-corrected chi connectivity index (χ2v) is 4.08. The minimum absolute atomic E-state index is 0.0154. The van der Waals surface area contributed by atoms with E-state index in [0.29, 0.717) is 5.69 Å². The Morgan fingerprint density at radius 1 is 1.41 bits per heavy atom. The lowest BCUT2D eigenvalue weighted by Gasteiger charge is -2.10. The van der Waals surface area contributed by atoms with Crippen molar-refractivity contribution in [3.8, 4) is 6.07 Å². The van der Waals surface area contributed by atoms with E-state index < -0.39 is 11.6 Å². The fourth-order valence-corrected chi connectivity index (χ4v) is 2.11. The van der Waals surface area contributed by atoms with Gasteiger partial charge in [-0.25, -0.2) is 8.78 Å². The maximum absolute atomic E-state index is 13.5. The van der Waals surface area contributed by atoms with E-state index in [1.807, 2.05) is 6.07 Å². The number of nitriles is 1. The summed E-state index contributed by atoms with van der Waals surface area (Å²) >= 11 is 3.04. The Morgan fingerprint density at radius 2 is 2.12 bits per heavy atom. The van der Waals surface area contributed by atoms with Gasteiger partial charge in [-0.2, -0.15) is 5.26 Å². The molecule has 0 saturated carbocycles. The fraction of sp³-hybridized carbons (Fsp3) is 0.0909. The highest BCUT2D eigenvalue weighted by molar-refractivity contribution is 9.10. The van der Waals surface area contributed by atoms with Gasteiger partial charge in [-0.15, -0.1) is 0 Å². The molecule has 2 rings (SSSR count). The summed E-state index contributed by atoms with van der Waals surface area (Å²) in [5.41, 5.74) is 0.593. The second kappa shape index (κ2) is 4.26. The fourth-order valence-electron chi connectivity index (χ4n) is 1.61. The van der Waals surface area contributed by atoms with Crippen LogP contribution in [0, 0.1) is 23.0 Å². The summed E-state index contributed by atoms with van der Waals surface area (Å²) in [6, 6.07) is 2.67.